The highest BCUT2D eigenvalue weighted by Gasteiger charge is 2.20. The summed E-state index contributed by atoms with van der Waals surface area (Å²) in [6.45, 7) is 14.3. The van der Waals surface area contributed by atoms with Gasteiger partial charge in [-0.25, -0.2) is 0 Å². The lowest BCUT2D eigenvalue weighted by atomic mass is 0.732. The van der Waals surface area contributed by atoms with Gasteiger partial charge in [0.15, 0.2) is 0 Å². The van der Waals surface area contributed by atoms with Gasteiger partial charge in [-0.3, -0.25) is 0 Å². The predicted molar refractivity (Wildman–Crippen MR) is 64.7 cm³/mol. The van der Waals surface area contributed by atoms with Crippen LogP contribution in [0.1, 0.15) is 41.5 Å². The minimum atomic E-state index is -0.407. The summed E-state index contributed by atoms with van der Waals surface area (Å²) in [5.74, 6) is 2.78. The topological polar surface area (TPSA) is 0 Å². The Kier molecular flexibility index (Phi) is 7.19. The first-order valence-electron chi connectivity index (χ1n) is 5.91. The molecule has 0 aliphatic carbocycles. The fourth-order valence-corrected chi connectivity index (χ4v) is 6.87. The maximum absolute atomic E-state index is 2.38. The Bertz CT molecular complexity index is 92.5. The summed E-state index contributed by atoms with van der Waals surface area (Å²) in [4.78, 5) is 0. The molecule has 13 heavy (non-hydrogen) atoms. The van der Waals surface area contributed by atoms with Crippen molar-refractivity contribution in [2.24, 2.45) is 17.8 Å². The van der Waals surface area contributed by atoms with E-state index in [0.717, 1.165) is 17.8 Å². The summed E-state index contributed by atoms with van der Waals surface area (Å²) < 4.78 is 0. The van der Waals surface area contributed by atoms with Gasteiger partial charge >= 0.3 is 0 Å². The SMILES string of the molecule is CC(C)[CH2][1Al]([CH2]C(C)C)[CH2]C(C)C. The molecular formula is C12H27Al. The van der Waals surface area contributed by atoms with Crippen LogP contribution in [0.4, 0.5) is 0 Å². The van der Waals surface area contributed by atoms with E-state index in [1.54, 1.807) is 15.8 Å². The first-order valence-corrected chi connectivity index (χ1v) is 8.36. The van der Waals surface area contributed by atoms with Gasteiger partial charge in [-0.2, -0.15) is 0 Å². The van der Waals surface area contributed by atoms with Gasteiger partial charge in [0.1, 0.15) is 0 Å². The second-order valence-corrected chi connectivity index (χ2v) is 8.90. The Labute approximate surface area is 89.5 Å². The molecule has 0 fully saturated rings. The molecule has 0 saturated heterocycles. The zero-order valence-corrected chi connectivity index (χ0v) is 11.6. The lowest BCUT2D eigenvalue weighted by Gasteiger charge is -2.17. The van der Waals surface area contributed by atoms with Crippen LogP contribution in [0.25, 0.3) is 0 Å². The highest BCUT2D eigenvalue weighted by molar-refractivity contribution is 6.58. The van der Waals surface area contributed by atoms with E-state index in [9.17, 15) is 0 Å². The van der Waals surface area contributed by atoms with Gasteiger partial charge in [0.05, 0.1) is 0 Å². The number of hydrogen-bond donors (Lipinski definition) is 0. The van der Waals surface area contributed by atoms with E-state index in [4.69, 9.17) is 0 Å². The largest absolute Gasteiger partial charge is 0.262 e. The lowest BCUT2D eigenvalue weighted by Crippen LogP contribution is -2.19. The number of rotatable bonds is 6. The molecule has 0 N–H and O–H groups in total. The van der Waals surface area contributed by atoms with Crippen molar-refractivity contribution in [1.82, 2.24) is 0 Å². The molecule has 0 aromatic heterocycles. The van der Waals surface area contributed by atoms with E-state index in [-0.39, 0.29) is 0 Å². The summed E-state index contributed by atoms with van der Waals surface area (Å²) in [7, 11) is 0. The maximum atomic E-state index is 2.38. The zero-order chi connectivity index (χ0) is 10.4. The number of hydrogen-bond acceptors (Lipinski definition) is 0. The molecule has 0 aromatic carbocycles. The average Bonchev–Trinajstić information content (AvgIpc) is 1.80. The van der Waals surface area contributed by atoms with Crippen LogP contribution in [0.2, 0.25) is 15.8 Å². The van der Waals surface area contributed by atoms with E-state index in [0.29, 0.717) is 0 Å². The molecule has 0 aliphatic rings. The summed E-state index contributed by atoms with van der Waals surface area (Å²) in [5, 5.41) is 4.66. The normalized spacial score (nSPS) is 11.8. The van der Waals surface area contributed by atoms with Gasteiger partial charge in [-0.1, -0.05) is 75.1 Å². The Balaban J connectivity index is 3.87. The van der Waals surface area contributed by atoms with Gasteiger partial charge in [0, 0.05) is 0 Å². The maximum Gasteiger partial charge on any atom is 0.262 e. The van der Waals surface area contributed by atoms with Gasteiger partial charge < -0.3 is 0 Å². The van der Waals surface area contributed by atoms with Gasteiger partial charge in [-0.15, -0.1) is 0 Å². The first-order chi connectivity index (χ1) is 5.91. The summed E-state index contributed by atoms with van der Waals surface area (Å²) in [6, 6.07) is 0. The Morgan fingerprint density at radius 1 is 0.615 bits per heavy atom. The second kappa shape index (κ2) is 6.91. The molecule has 78 valence electrons. The van der Waals surface area contributed by atoms with Crippen molar-refractivity contribution in [3.05, 3.63) is 0 Å². The van der Waals surface area contributed by atoms with Crippen LogP contribution >= 0.6 is 0 Å². The second-order valence-electron chi connectivity index (χ2n) is 5.75. The third kappa shape index (κ3) is 8.85. The van der Waals surface area contributed by atoms with E-state index < -0.39 is 14.1 Å². The molecule has 0 rings (SSSR count). The average molecular weight is 172 g/mol. The first kappa shape index (κ1) is 13.5. The van der Waals surface area contributed by atoms with Crippen LogP contribution < -0.4 is 0 Å². The lowest BCUT2D eigenvalue weighted by molar-refractivity contribution is 0.659. The molecule has 0 radical (unpaired) electrons. The van der Waals surface area contributed by atoms with Crippen molar-refractivity contribution in [3.63, 3.8) is 0 Å². The fraction of sp³-hybridized carbons (Fsp3) is 1.00. The molecule has 0 aromatic rings. The molecule has 0 bridgehead atoms. The standard InChI is InChI=1S/3C4H9.Al/c3*1-4(2)3;/h3*4H,1H2,2-3H3;/i;;;1-26. The summed E-state index contributed by atoms with van der Waals surface area (Å²) in [6.07, 6.45) is 0. The molecule has 0 nitrogen and oxygen atoms in total. The third-order valence-corrected chi connectivity index (χ3v) is 7.24. The highest BCUT2D eigenvalue weighted by Crippen LogP contribution is 2.20. The van der Waals surface area contributed by atoms with Crippen molar-refractivity contribution in [2.45, 2.75) is 57.4 Å². The van der Waals surface area contributed by atoms with Crippen molar-refractivity contribution in [1.29, 1.82) is 0 Å². The molecule has 0 unspecified atom stereocenters. The Morgan fingerprint density at radius 2 is 0.846 bits per heavy atom. The molecule has 0 atom stereocenters. The molecule has 0 spiro atoms. The third-order valence-electron chi connectivity index (χ3n) is 2.41. The summed E-state index contributed by atoms with van der Waals surface area (Å²) >= 11 is -0.407. The Morgan fingerprint density at radius 3 is 1.00 bits per heavy atom. The van der Waals surface area contributed by atoms with E-state index in [2.05, 4.69) is 41.5 Å². The minimum absolute atomic E-state index is 0.407. The van der Waals surface area contributed by atoms with Crippen molar-refractivity contribution < 1.29 is 0 Å². The molecule has 1 heteroatoms. The van der Waals surface area contributed by atoms with Crippen molar-refractivity contribution >= 4 is 14.1 Å². The van der Waals surface area contributed by atoms with Gasteiger partial charge in [0.2, 0.25) is 0 Å². The zero-order valence-electron chi connectivity index (χ0n) is 10.4. The van der Waals surface area contributed by atoms with Crippen LogP contribution in [-0.4, -0.2) is 14.1 Å². The van der Waals surface area contributed by atoms with E-state index >= 15 is 0 Å². The smallest absolute Gasteiger partial charge is 0.0915 e. The monoisotopic (exact) mass is 172 g/mol. The Hall–Kier alpha value is 0.532. The van der Waals surface area contributed by atoms with Crippen molar-refractivity contribution in [3.8, 4) is 0 Å². The van der Waals surface area contributed by atoms with Crippen LogP contribution in [0, 0.1) is 17.8 Å². The van der Waals surface area contributed by atoms with E-state index in [1.165, 1.54) is 0 Å². The molecule has 0 heterocycles. The molecule has 0 saturated carbocycles. The van der Waals surface area contributed by atoms with Crippen molar-refractivity contribution in [2.75, 3.05) is 0 Å². The van der Waals surface area contributed by atoms with Crippen LogP contribution in [0.3, 0.4) is 0 Å². The van der Waals surface area contributed by atoms with Crippen LogP contribution in [-0.2, 0) is 0 Å². The molecular weight excluding hydrogens is 145 g/mol. The summed E-state index contributed by atoms with van der Waals surface area (Å²) in [5.41, 5.74) is 0. The van der Waals surface area contributed by atoms with Gasteiger partial charge in [0.25, 0.3) is 14.1 Å². The fourth-order valence-electron chi connectivity index (χ4n) is 2.29. The molecule has 0 aliphatic heterocycles. The van der Waals surface area contributed by atoms with Gasteiger partial charge in [-0.05, 0) is 0 Å². The highest BCUT2D eigenvalue weighted by atomic mass is 13.8. The minimum Gasteiger partial charge on any atom is -0.0915 e. The van der Waals surface area contributed by atoms with Crippen LogP contribution in [0.15, 0.2) is 0 Å². The molecule has 0 amide bonds. The van der Waals surface area contributed by atoms with E-state index in [1.807, 2.05) is 0 Å². The quantitative estimate of drug-likeness (QED) is 0.519. The van der Waals surface area contributed by atoms with Crippen LogP contribution in [0.5, 0.6) is 0 Å². The predicted octanol–water partition coefficient (Wildman–Crippen LogP) is 4.45.